The molecule has 18 heavy (non-hydrogen) atoms. The topological polar surface area (TPSA) is 53.7 Å². The van der Waals surface area contributed by atoms with Crippen LogP contribution in [0.1, 0.15) is 27.2 Å². The molecular formula is C14H23NO3. The van der Waals surface area contributed by atoms with Gasteiger partial charge in [0.2, 0.25) is 0 Å². The quantitative estimate of drug-likeness (QED) is 0.724. The van der Waals surface area contributed by atoms with Gasteiger partial charge in [-0.25, -0.2) is 0 Å². The van der Waals surface area contributed by atoms with Crippen molar-refractivity contribution in [3.05, 3.63) is 18.2 Å². The second kappa shape index (κ2) is 7.82. The van der Waals surface area contributed by atoms with E-state index in [0.717, 1.165) is 12.2 Å². The minimum atomic E-state index is 0.00704. The second-order valence-corrected chi connectivity index (χ2v) is 4.14. The number of anilines is 1. The average molecular weight is 253 g/mol. The van der Waals surface area contributed by atoms with Gasteiger partial charge in [-0.1, -0.05) is 6.92 Å². The lowest BCUT2D eigenvalue weighted by Gasteiger charge is -2.16. The van der Waals surface area contributed by atoms with Gasteiger partial charge in [0.25, 0.3) is 0 Å². The molecule has 1 rings (SSSR count). The first-order chi connectivity index (χ1) is 8.67. The molecule has 0 amide bonds. The van der Waals surface area contributed by atoms with Gasteiger partial charge < -0.3 is 19.9 Å². The lowest BCUT2D eigenvalue weighted by molar-refractivity contribution is 0.0656. The molecule has 0 aromatic heterocycles. The van der Waals surface area contributed by atoms with Crippen LogP contribution < -0.4 is 15.2 Å². The van der Waals surface area contributed by atoms with Gasteiger partial charge in [0.15, 0.2) is 0 Å². The number of hydrogen-bond donors (Lipinski definition) is 1. The van der Waals surface area contributed by atoms with Crippen molar-refractivity contribution in [1.29, 1.82) is 0 Å². The fourth-order valence-corrected chi connectivity index (χ4v) is 1.48. The van der Waals surface area contributed by atoms with Gasteiger partial charge in [-0.2, -0.15) is 0 Å². The molecule has 0 heterocycles. The Kier molecular flexibility index (Phi) is 6.36. The van der Waals surface area contributed by atoms with Crippen molar-refractivity contribution in [2.75, 3.05) is 25.6 Å². The van der Waals surface area contributed by atoms with Crippen molar-refractivity contribution in [3.63, 3.8) is 0 Å². The molecular weight excluding hydrogens is 230 g/mol. The van der Waals surface area contributed by atoms with Crippen molar-refractivity contribution in [2.45, 2.75) is 33.3 Å². The lowest BCUT2D eigenvalue weighted by Crippen LogP contribution is -2.19. The Morgan fingerprint density at radius 1 is 1.28 bits per heavy atom. The third-order valence-electron chi connectivity index (χ3n) is 2.34. The average Bonchev–Trinajstić information content (AvgIpc) is 2.37. The van der Waals surface area contributed by atoms with Gasteiger partial charge in [0.1, 0.15) is 17.6 Å². The summed E-state index contributed by atoms with van der Waals surface area (Å²) in [5.74, 6) is 1.43. The number of benzene rings is 1. The van der Waals surface area contributed by atoms with Crippen LogP contribution in [0.25, 0.3) is 0 Å². The monoisotopic (exact) mass is 253 g/mol. The first kappa shape index (κ1) is 14.6. The number of nitrogen functional groups attached to an aromatic ring is 1. The summed E-state index contributed by atoms with van der Waals surface area (Å²) in [6.45, 7) is 7.92. The molecule has 102 valence electrons. The zero-order valence-electron chi connectivity index (χ0n) is 11.4. The molecule has 0 saturated heterocycles. The Bertz CT molecular complexity index is 355. The Morgan fingerprint density at radius 2 is 2.06 bits per heavy atom. The Morgan fingerprint density at radius 3 is 2.72 bits per heavy atom. The van der Waals surface area contributed by atoms with Crippen LogP contribution in [0.15, 0.2) is 18.2 Å². The van der Waals surface area contributed by atoms with Crippen molar-refractivity contribution in [2.24, 2.45) is 0 Å². The van der Waals surface area contributed by atoms with Crippen LogP contribution >= 0.6 is 0 Å². The molecule has 0 aliphatic heterocycles. The van der Waals surface area contributed by atoms with Gasteiger partial charge in [-0.3, -0.25) is 0 Å². The molecule has 1 atom stereocenters. The van der Waals surface area contributed by atoms with Crippen LogP contribution in [-0.2, 0) is 4.74 Å². The molecule has 4 heteroatoms. The van der Waals surface area contributed by atoms with E-state index < -0.39 is 0 Å². The van der Waals surface area contributed by atoms with Crippen molar-refractivity contribution >= 4 is 5.69 Å². The highest BCUT2D eigenvalue weighted by molar-refractivity contribution is 5.55. The third kappa shape index (κ3) is 4.84. The molecule has 0 bridgehead atoms. The highest BCUT2D eigenvalue weighted by Crippen LogP contribution is 2.27. The van der Waals surface area contributed by atoms with Crippen LogP contribution in [0.5, 0.6) is 11.5 Å². The minimum Gasteiger partial charge on any atom is -0.491 e. The van der Waals surface area contributed by atoms with Gasteiger partial charge in [-0.05, 0) is 32.4 Å². The normalized spacial score (nSPS) is 12.2. The predicted octanol–water partition coefficient (Wildman–Crippen LogP) is 2.86. The molecule has 4 nitrogen and oxygen atoms in total. The molecule has 0 aliphatic carbocycles. The molecule has 0 fully saturated rings. The third-order valence-corrected chi connectivity index (χ3v) is 2.34. The van der Waals surface area contributed by atoms with Gasteiger partial charge in [0, 0.05) is 12.7 Å². The fraction of sp³-hybridized carbons (Fsp3) is 0.571. The van der Waals surface area contributed by atoms with Crippen LogP contribution in [0.4, 0.5) is 5.69 Å². The SMILES string of the molecule is CCCOc1cc(OC(C)COCC)ccc1N. The van der Waals surface area contributed by atoms with Crippen LogP contribution in [0.3, 0.4) is 0 Å². The van der Waals surface area contributed by atoms with Crippen LogP contribution in [-0.4, -0.2) is 25.9 Å². The number of nitrogens with two attached hydrogens (primary N) is 1. The van der Waals surface area contributed by atoms with Gasteiger partial charge >= 0.3 is 0 Å². The highest BCUT2D eigenvalue weighted by atomic mass is 16.5. The number of rotatable bonds is 8. The van der Waals surface area contributed by atoms with Crippen molar-refractivity contribution in [1.82, 2.24) is 0 Å². The van der Waals surface area contributed by atoms with E-state index in [9.17, 15) is 0 Å². The van der Waals surface area contributed by atoms with E-state index >= 15 is 0 Å². The van der Waals surface area contributed by atoms with Crippen LogP contribution in [0.2, 0.25) is 0 Å². The van der Waals surface area contributed by atoms with Crippen molar-refractivity contribution < 1.29 is 14.2 Å². The van der Waals surface area contributed by atoms with E-state index in [1.807, 2.05) is 26.0 Å². The van der Waals surface area contributed by atoms with E-state index in [2.05, 4.69) is 6.92 Å². The lowest BCUT2D eigenvalue weighted by atomic mass is 10.2. The molecule has 0 saturated carbocycles. The highest BCUT2D eigenvalue weighted by Gasteiger charge is 2.07. The van der Waals surface area contributed by atoms with Crippen LogP contribution in [0, 0.1) is 0 Å². The van der Waals surface area contributed by atoms with Gasteiger partial charge in [0.05, 0.1) is 18.9 Å². The maximum absolute atomic E-state index is 5.84. The molecule has 1 unspecified atom stereocenters. The fourth-order valence-electron chi connectivity index (χ4n) is 1.48. The summed E-state index contributed by atoms with van der Waals surface area (Å²) >= 11 is 0. The summed E-state index contributed by atoms with van der Waals surface area (Å²) in [5, 5.41) is 0. The smallest absolute Gasteiger partial charge is 0.145 e. The first-order valence-corrected chi connectivity index (χ1v) is 6.44. The summed E-state index contributed by atoms with van der Waals surface area (Å²) in [5.41, 5.74) is 6.47. The molecule has 1 aromatic rings. The van der Waals surface area contributed by atoms with E-state index in [1.54, 1.807) is 6.07 Å². The molecule has 0 aliphatic rings. The zero-order chi connectivity index (χ0) is 13.4. The summed E-state index contributed by atoms with van der Waals surface area (Å²) in [6, 6.07) is 5.47. The van der Waals surface area contributed by atoms with E-state index in [-0.39, 0.29) is 6.10 Å². The minimum absolute atomic E-state index is 0.00704. The Balaban J connectivity index is 2.60. The Hall–Kier alpha value is -1.42. The van der Waals surface area contributed by atoms with E-state index in [4.69, 9.17) is 19.9 Å². The predicted molar refractivity (Wildman–Crippen MR) is 73.2 cm³/mol. The molecule has 1 aromatic carbocycles. The maximum Gasteiger partial charge on any atom is 0.145 e. The Labute approximate surface area is 109 Å². The zero-order valence-corrected chi connectivity index (χ0v) is 11.4. The summed E-state index contributed by atoms with van der Waals surface area (Å²) in [6.07, 6.45) is 0.957. The largest absolute Gasteiger partial charge is 0.491 e. The molecule has 2 N–H and O–H groups in total. The first-order valence-electron chi connectivity index (χ1n) is 6.44. The number of ether oxygens (including phenoxy) is 3. The standard InChI is InChI=1S/C14H23NO3/c1-4-8-17-14-9-12(6-7-13(14)15)18-11(3)10-16-5-2/h6-7,9,11H,4-5,8,10,15H2,1-3H3. The second-order valence-electron chi connectivity index (χ2n) is 4.14. The van der Waals surface area contributed by atoms with Crippen molar-refractivity contribution in [3.8, 4) is 11.5 Å². The summed E-state index contributed by atoms with van der Waals surface area (Å²) < 4.78 is 16.6. The number of hydrogen-bond acceptors (Lipinski definition) is 4. The summed E-state index contributed by atoms with van der Waals surface area (Å²) in [7, 11) is 0. The van der Waals surface area contributed by atoms with E-state index in [1.165, 1.54) is 0 Å². The summed E-state index contributed by atoms with van der Waals surface area (Å²) in [4.78, 5) is 0. The van der Waals surface area contributed by atoms with E-state index in [0.29, 0.717) is 31.3 Å². The maximum atomic E-state index is 5.84. The molecule has 0 radical (unpaired) electrons. The van der Waals surface area contributed by atoms with Gasteiger partial charge in [-0.15, -0.1) is 0 Å². The molecule has 0 spiro atoms.